The summed E-state index contributed by atoms with van der Waals surface area (Å²) in [5, 5.41) is 3.71. The van der Waals surface area contributed by atoms with Gasteiger partial charge in [0.15, 0.2) is 0 Å². The van der Waals surface area contributed by atoms with E-state index < -0.39 is 0 Å². The molecule has 0 unspecified atom stereocenters. The maximum absolute atomic E-state index is 12.5. The fraction of sp³-hybridized carbons (Fsp3) is 0.360. The summed E-state index contributed by atoms with van der Waals surface area (Å²) in [4.78, 5) is 47.3. The van der Waals surface area contributed by atoms with Crippen LogP contribution in [0.5, 0.6) is 0 Å². The van der Waals surface area contributed by atoms with Crippen molar-refractivity contribution in [3.8, 4) is 0 Å². The van der Waals surface area contributed by atoms with Gasteiger partial charge in [0.1, 0.15) is 5.82 Å². The number of H-pyrrole nitrogens is 2. The van der Waals surface area contributed by atoms with Crippen molar-refractivity contribution in [2.75, 3.05) is 0 Å². The number of benzene rings is 2. The second-order valence-electron chi connectivity index (χ2n) is 8.77. The van der Waals surface area contributed by atoms with E-state index in [4.69, 9.17) is 0 Å². The second-order valence-corrected chi connectivity index (χ2v) is 8.77. The molecule has 4 aromatic rings. The average Bonchev–Trinajstić information content (AvgIpc) is 3.15. The minimum atomic E-state index is -0.147. The van der Waals surface area contributed by atoms with Crippen LogP contribution in [0.25, 0.3) is 21.9 Å². The van der Waals surface area contributed by atoms with Crippen molar-refractivity contribution >= 4 is 27.8 Å². The lowest BCUT2D eigenvalue weighted by Crippen LogP contribution is -2.38. The molecule has 1 amide bonds. The number of para-hydroxylation sites is 3. The quantitative estimate of drug-likeness (QED) is 0.423. The fourth-order valence-electron chi connectivity index (χ4n) is 4.88. The molecule has 2 heterocycles. The highest BCUT2D eigenvalue weighted by molar-refractivity contribution is 5.77. The number of amides is 1. The van der Waals surface area contributed by atoms with Gasteiger partial charge in [0.2, 0.25) is 5.91 Å². The summed E-state index contributed by atoms with van der Waals surface area (Å²) in [6.07, 6.45) is 4.96. The number of nitrogens with one attached hydrogen (secondary N) is 3. The van der Waals surface area contributed by atoms with Crippen LogP contribution in [0.3, 0.4) is 0 Å². The Labute approximate surface area is 190 Å². The predicted molar refractivity (Wildman–Crippen MR) is 127 cm³/mol. The Morgan fingerprint density at radius 3 is 2.61 bits per heavy atom. The number of carbonyl (C=O) groups is 1. The van der Waals surface area contributed by atoms with Gasteiger partial charge in [-0.25, -0.2) is 9.78 Å². The number of aryl methyl sites for hydroxylation is 1. The molecule has 0 spiro atoms. The molecule has 8 nitrogen and oxygen atoms in total. The largest absolute Gasteiger partial charge is 0.353 e. The third-order valence-electron chi connectivity index (χ3n) is 6.53. The van der Waals surface area contributed by atoms with Crippen LogP contribution >= 0.6 is 0 Å². The molecule has 0 saturated heterocycles. The van der Waals surface area contributed by atoms with Crippen molar-refractivity contribution in [2.45, 2.75) is 57.0 Å². The monoisotopic (exact) mass is 445 g/mol. The number of hydrogen-bond acceptors (Lipinski definition) is 4. The third-order valence-corrected chi connectivity index (χ3v) is 6.53. The second kappa shape index (κ2) is 9.05. The molecule has 3 N–H and O–H groups in total. The SMILES string of the molecule is O=C(CCCc1nc2ccccc2c(=O)[nH]1)N[C@H]1CC[C@H](n2c(=O)[nH]c3ccccc32)CC1. The Kier molecular flexibility index (Phi) is 5.81. The molecule has 0 radical (unpaired) electrons. The van der Waals surface area contributed by atoms with E-state index in [1.54, 1.807) is 6.07 Å². The lowest BCUT2D eigenvalue weighted by atomic mass is 9.90. The molecular weight excluding hydrogens is 418 g/mol. The van der Waals surface area contributed by atoms with Gasteiger partial charge in [-0.1, -0.05) is 24.3 Å². The van der Waals surface area contributed by atoms with Gasteiger partial charge < -0.3 is 15.3 Å². The number of hydrogen-bond donors (Lipinski definition) is 3. The Hall–Kier alpha value is -3.68. The van der Waals surface area contributed by atoms with Gasteiger partial charge in [-0.2, -0.15) is 0 Å². The van der Waals surface area contributed by atoms with Gasteiger partial charge in [-0.15, -0.1) is 0 Å². The van der Waals surface area contributed by atoms with Crippen molar-refractivity contribution in [3.63, 3.8) is 0 Å². The first-order valence-corrected chi connectivity index (χ1v) is 11.5. The van der Waals surface area contributed by atoms with E-state index in [0.29, 0.717) is 36.0 Å². The highest BCUT2D eigenvalue weighted by Crippen LogP contribution is 2.29. The number of aromatic nitrogens is 4. The Morgan fingerprint density at radius 2 is 1.76 bits per heavy atom. The number of imidazole rings is 1. The van der Waals surface area contributed by atoms with Crippen LogP contribution in [0.2, 0.25) is 0 Å². The van der Waals surface area contributed by atoms with Crippen LogP contribution in [0, 0.1) is 0 Å². The molecular formula is C25H27N5O3. The standard InChI is InChI=1S/C25H27N5O3/c31-23(11-5-10-22-27-19-7-2-1-6-18(19)24(32)29-22)26-16-12-14-17(15-13-16)30-21-9-4-3-8-20(21)28-25(30)33/h1-4,6-9,16-17H,5,10-15H2,(H,26,31)(H,28,33)(H,27,29,32)/t16-,17-. The molecule has 2 aromatic carbocycles. The lowest BCUT2D eigenvalue weighted by Gasteiger charge is -2.29. The molecule has 0 bridgehead atoms. The van der Waals surface area contributed by atoms with Crippen LogP contribution in [0.4, 0.5) is 0 Å². The summed E-state index contributed by atoms with van der Waals surface area (Å²) < 4.78 is 1.87. The minimum absolute atomic E-state index is 0.0193. The molecule has 0 atom stereocenters. The van der Waals surface area contributed by atoms with Crippen LogP contribution < -0.4 is 16.6 Å². The van der Waals surface area contributed by atoms with Crippen LogP contribution in [-0.4, -0.2) is 31.5 Å². The van der Waals surface area contributed by atoms with Crippen molar-refractivity contribution in [1.82, 2.24) is 24.8 Å². The summed E-state index contributed by atoms with van der Waals surface area (Å²) in [6, 6.07) is 15.3. The molecule has 1 aliphatic carbocycles. The zero-order valence-corrected chi connectivity index (χ0v) is 18.3. The van der Waals surface area contributed by atoms with Gasteiger partial charge in [0.05, 0.1) is 21.9 Å². The lowest BCUT2D eigenvalue weighted by molar-refractivity contribution is -0.122. The Bertz CT molecular complexity index is 1410. The normalized spacial score (nSPS) is 18.5. The number of carbonyl (C=O) groups excluding carboxylic acids is 1. The smallest absolute Gasteiger partial charge is 0.326 e. The van der Waals surface area contributed by atoms with E-state index in [0.717, 1.165) is 36.7 Å². The van der Waals surface area contributed by atoms with Crippen molar-refractivity contribution < 1.29 is 4.79 Å². The molecule has 0 aliphatic heterocycles. The Balaban J connectivity index is 1.12. The zero-order chi connectivity index (χ0) is 22.8. The summed E-state index contributed by atoms with van der Waals surface area (Å²) in [7, 11) is 0. The average molecular weight is 446 g/mol. The van der Waals surface area contributed by atoms with Crippen LogP contribution in [0.15, 0.2) is 58.1 Å². The van der Waals surface area contributed by atoms with E-state index in [9.17, 15) is 14.4 Å². The van der Waals surface area contributed by atoms with E-state index in [-0.39, 0.29) is 29.2 Å². The molecule has 8 heteroatoms. The van der Waals surface area contributed by atoms with E-state index in [1.165, 1.54) is 0 Å². The minimum Gasteiger partial charge on any atom is -0.353 e. The molecule has 1 fully saturated rings. The summed E-state index contributed by atoms with van der Waals surface area (Å²) in [5.41, 5.74) is 2.26. The van der Waals surface area contributed by atoms with Gasteiger partial charge >= 0.3 is 5.69 Å². The predicted octanol–water partition coefficient (Wildman–Crippen LogP) is 3.19. The first kappa shape index (κ1) is 21.2. The van der Waals surface area contributed by atoms with Crippen molar-refractivity contribution in [1.29, 1.82) is 0 Å². The molecule has 1 aliphatic rings. The summed E-state index contributed by atoms with van der Waals surface area (Å²) >= 11 is 0. The molecule has 170 valence electrons. The molecule has 1 saturated carbocycles. The molecule has 5 rings (SSSR count). The highest BCUT2D eigenvalue weighted by Gasteiger charge is 2.25. The van der Waals surface area contributed by atoms with E-state index in [2.05, 4.69) is 20.3 Å². The topological polar surface area (TPSA) is 113 Å². The van der Waals surface area contributed by atoms with Crippen LogP contribution in [0.1, 0.15) is 50.4 Å². The van der Waals surface area contributed by atoms with Gasteiger partial charge in [-0.3, -0.25) is 14.2 Å². The number of aromatic amines is 2. The van der Waals surface area contributed by atoms with E-state index >= 15 is 0 Å². The molecule has 33 heavy (non-hydrogen) atoms. The van der Waals surface area contributed by atoms with Crippen molar-refractivity contribution in [3.05, 3.63) is 75.2 Å². The summed E-state index contributed by atoms with van der Waals surface area (Å²) in [6.45, 7) is 0. The maximum Gasteiger partial charge on any atom is 0.326 e. The third kappa shape index (κ3) is 4.46. The Morgan fingerprint density at radius 1 is 1.00 bits per heavy atom. The van der Waals surface area contributed by atoms with Crippen LogP contribution in [-0.2, 0) is 11.2 Å². The van der Waals surface area contributed by atoms with Crippen molar-refractivity contribution in [2.24, 2.45) is 0 Å². The number of nitrogens with zero attached hydrogens (tertiary/aromatic N) is 2. The number of fused-ring (bicyclic) bond motifs is 2. The first-order chi connectivity index (χ1) is 16.1. The zero-order valence-electron chi connectivity index (χ0n) is 18.3. The van der Waals surface area contributed by atoms with E-state index in [1.807, 2.05) is 47.0 Å². The molecule has 2 aromatic heterocycles. The van der Waals surface area contributed by atoms with Gasteiger partial charge in [0, 0.05) is 24.9 Å². The van der Waals surface area contributed by atoms with Gasteiger partial charge in [0.25, 0.3) is 5.56 Å². The fourth-order valence-corrected chi connectivity index (χ4v) is 4.88. The number of rotatable bonds is 6. The highest BCUT2D eigenvalue weighted by atomic mass is 16.2. The summed E-state index contributed by atoms with van der Waals surface area (Å²) in [5.74, 6) is 0.627. The maximum atomic E-state index is 12.5. The first-order valence-electron chi connectivity index (χ1n) is 11.5. The van der Waals surface area contributed by atoms with Gasteiger partial charge in [-0.05, 0) is 56.4 Å².